The molecule has 0 bridgehead atoms. The Labute approximate surface area is 182 Å². The number of morpholine rings is 1. The molecule has 1 aliphatic heterocycles. The molecule has 0 saturated carbocycles. The van der Waals surface area contributed by atoms with Gasteiger partial charge in [-0.25, -0.2) is 4.79 Å². The van der Waals surface area contributed by atoms with Crippen molar-refractivity contribution in [3.05, 3.63) is 63.3 Å². The second-order valence-electron chi connectivity index (χ2n) is 6.86. The molecule has 0 unspecified atom stereocenters. The van der Waals surface area contributed by atoms with Crippen LogP contribution in [0.5, 0.6) is 0 Å². The van der Waals surface area contributed by atoms with E-state index in [0.29, 0.717) is 53.6 Å². The number of nitrogens with zero attached hydrogens (tertiary/aromatic N) is 3. The van der Waals surface area contributed by atoms with E-state index in [-0.39, 0.29) is 16.9 Å². The van der Waals surface area contributed by atoms with Crippen LogP contribution in [0.25, 0.3) is 10.9 Å². The van der Waals surface area contributed by atoms with Crippen LogP contribution in [0.1, 0.15) is 10.4 Å². The van der Waals surface area contributed by atoms with Gasteiger partial charge in [0.1, 0.15) is 11.3 Å². The SMILES string of the molecule is COC(=O)c1cc(N2CCOCC2)cc(Nc2ccnc3c(Cl)cccc23)c1[N+](=O)[O-]. The molecular weight excluding hydrogens is 424 g/mol. The first-order chi connectivity index (χ1) is 15.0. The molecule has 2 aromatic carbocycles. The van der Waals surface area contributed by atoms with Crippen molar-refractivity contribution in [3.63, 3.8) is 0 Å². The summed E-state index contributed by atoms with van der Waals surface area (Å²) in [7, 11) is 1.19. The second kappa shape index (κ2) is 8.75. The molecule has 0 radical (unpaired) electrons. The van der Waals surface area contributed by atoms with Crippen LogP contribution in [0.2, 0.25) is 5.02 Å². The Kier molecular flexibility index (Phi) is 5.88. The number of benzene rings is 2. The van der Waals surface area contributed by atoms with Crippen LogP contribution in [0.15, 0.2) is 42.6 Å². The third-order valence-corrected chi connectivity index (χ3v) is 5.35. The minimum atomic E-state index is -0.785. The van der Waals surface area contributed by atoms with Crippen molar-refractivity contribution in [2.45, 2.75) is 0 Å². The Hall–Kier alpha value is -3.43. The normalized spacial score (nSPS) is 13.8. The number of pyridine rings is 1. The van der Waals surface area contributed by atoms with Gasteiger partial charge in [0, 0.05) is 36.0 Å². The molecule has 160 valence electrons. The monoisotopic (exact) mass is 442 g/mol. The van der Waals surface area contributed by atoms with Crippen molar-refractivity contribution in [1.29, 1.82) is 0 Å². The number of carbonyl (C=O) groups is 1. The predicted octanol–water partition coefficient (Wildman–Crippen LogP) is 4.16. The Morgan fingerprint density at radius 1 is 1.26 bits per heavy atom. The van der Waals surface area contributed by atoms with E-state index in [1.165, 1.54) is 13.2 Å². The van der Waals surface area contributed by atoms with Crippen LogP contribution >= 0.6 is 11.6 Å². The smallest absolute Gasteiger partial charge is 0.345 e. The van der Waals surface area contributed by atoms with Crippen LogP contribution in [-0.2, 0) is 9.47 Å². The summed E-state index contributed by atoms with van der Waals surface area (Å²) in [5, 5.41) is 16.2. The number of carbonyl (C=O) groups excluding carboxylic acids is 1. The molecule has 3 aromatic rings. The summed E-state index contributed by atoms with van der Waals surface area (Å²) in [6, 6.07) is 10.2. The number of methoxy groups -OCH3 is 1. The number of hydrogen-bond acceptors (Lipinski definition) is 8. The van der Waals surface area contributed by atoms with E-state index in [1.54, 1.807) is 30.5 Å². The maximum absolute atomic E-state index is 12.4. The van der Waals surface area contributed by atoms with Gasteiger partial charge in [-0.3, -0.25) is 15.1 Å². The Bertz CT molecular complexity index is 1160. The van der Waals surface area contributed by atoms with E-state index in [0.717, 1.165) is 0 Å². The largest absolute Gasteiger partial charge is 0.465 e. The van der Waals surface area contributed by atoms with Gasteiger partial charge in [0.15, 0.2) is 0 Å². The number of halogens is 1. The van der Waals surface area contributed by atoms with Gasteiger partial charge < -0.3 is 19.7 Å². The zero-order valence-electron chi connectivity index (χ0n) is 16.6. The minimum absolute atomic E-state index is 0.129. The average Bonchev–Trinajstić information content (AvgIpc) is 2.79. The second-order valence-corrected chi connectivity index (χ2v) is 7.26. The Morgan fingerprint density at radius 2 is 2.03 bits per heavy atom. The van der Waals surface area contributed by atoms with Crippen molar-refractivity contribution in [1.82, 2.24) is 4.98 Å². The molecule has 10 heteroatoms. The van der Waals surface area contributed by atoms with Gasteiger partial charge in [-0.15, -0.1) is 0 Å². The number of esters is 1. The third kappa shape index (κ3) is 4.10. The predicted molar refractivity (Wildman–Crippen MR) is 118 cm³/mol. The first-order valence-electron chi connectivity index (χ1n) is 9.53. The quantitative estimate of drug-likeness (QED) is 0.356. The minimum Gasteiger partial charge on any atom is -0.465 e. The molecular formula is C21H19ClN4O5. The highest BCUT2D eigenvalue weighted by atomic mass is 35.5. The average molecular weight is 443 g/mol. The fourth-order valence-electron chi connectivity index (χ4n) is 3.57. The summed E-state index contributed by atoms with van der Waals surface area (Å²) in [5.41, 5.74) is 1.47. The highest BCUT2D eigenvalue weighted by Crippen LogP contribution is 2.38. The van der Waals surface area contributed by atoms with Gasteiger partial charge in [-0.05, 0) is 24.3 Å². The van der Waals surface area contributed by atoms with Gasteiger partial charge in [-0.2, -0.15) is 0 Å². The molecule has 2 heterocycles. The van der Waals surface area contributed by atoms with Crippen molar-refractivity contribution < 1.29 is 19.2 Å². The van der Waals surface area contributed by atoms with Crippen LogP contribution in [0, 0.1) is 10.1 Å². The van der Waals surface area contributed by atoms with Crippen LogP contribution in [-0.4, -0.2) is 49.3 Å². The summed E-state index contributed by atoms with van der Waals surface area (Å²) in [6.45, 7) is 2.26. The molecule has 1 fully saturated rings. The maximum Gasteiger partial charge on any atom is 0.345 e. The van der Waals surface area contributed by atoms with E-state index in [1.807, 2.05) is 11.0 Å². The van der Waals surface area contributed by atoms with E-state index in [2.05, 4.69) is 10.3 Å². The fraction of sp³-hybridized carbons (Fsp3) is 0.238. The molecule has 0 amide bonds. The number of aromatic nitrogens is 1. The molecule has 0 atom stereocenters. The van der Waals surface area contributed by atoms with Gasteiger partial charge >= 0.3 is 11.7 Å². The topological polar surface area (TPSA) is 107 Å². The third-order valence-electron chi connectivity index (χ3n) is 5.05. The summed E-state index contributed by atoms with van der Waals surface area (Å²) in [5.74, 6) is -0.785. The molecule has 4 rings (SSSR count). The highest BCUT2D eigenvalue weighted by Gasteiger charge is 2.29. The van der Waals surface area contributed by atoms with Gasteiger partial charge in [0.25, 0.3) is 0 Å². The van der Waals surface area contributed by atoms with E-state index in [4.69, 9.17) is 21.1 Å². The van der Waals surface area contributed by atoms with Crippen molar-refractivity contribution in [2.24, 2.45) is 0 Å². The first kappa shape index (κ1) is 20.8. The van der Waals surface area contributed by atoms with Crippen molar-refractivity contribution in [2.75, 3.05) is 43.6 Å². The number of para-hydroxylation sites is 1. The molecule has 0 aliphatic carbocycles. The van der Waals surface area contributed by atoms with Crippen molar-refractivity contribution >= 4 is 51.2 Å². The number of nitro groups is 1. The molecule has 1 aromatic heterocycles. The number of hydrogen-bond donors (Lipinski definition) is 1. The molecule has 0 spiro atoms. The zero-order valence-corrected chi connectivity index (χ0v) is 17.4. The van der Waals surface area contributed by atoms with Gasteiger partial charge in [0.05, 0.1) is 35.8 Å². The van der Waals surface area contributed by atoms with E-state index < -0.39 is 10.9 Å². The molecule has 1 saturated heterocycles. The molecule has 1 aliphatic rings. The van der Waals surface area contributed by atoms with Crippen LogP contribution < -0.4 is 10.2 Å². The lowest BCUT2D eigenvalue weighted by molar-refractivity contribution is -0.384. The highest BCUT2D eigenvalue weighted by molar-refractivity contribution is 6.35. The Balaban J connectivity index is 1.88. The zero-order chi connectivity index (χ0) is 22.0. The fourth-order valence-corrected chi connectivity index (χ4v) is 3.80. The first-order valence-corrected chi connectivity index (χ1v) is 9.91. The van der Waals surface area contributed by atoms with E-state index in [9.17, 15) is 14.9 Å². The standard InChI is InChI=1S/C21H19ClN4O5/c1-30-21(27)15-11-13(25-7-9-31-10-8-25)12-18(20(15)26(28)29)24-17-5-6-23-19-14(17)3-2-4-16(19)22/h2-6,11-12H,7-10H2,1H3,(H,23,24). The molecule has 1 N–H and O–H groups in total. The number of nitro benzene ring substituents is 1. The van der Waals surface area contributed by atoms with Crippen molar-refractivity contribution in [3.8, 4) is 0 Å². The van der Waals surface area contributed by atoms with Crippen LogP contribution in [0.4, 0.5) is 22.7 Å². The lowest BCUT2D eigenvalue weighted by atomic mass is 10.1. The summed E-state index contributed by atoms with van der Waals surface area (Å²) in [4.78, 5) is 30.1. The number of anilines is 3. The van der Waals surface area contributed by atoms with Crippen LogP contribution in [0.3, 0.4) is 0 Å². The van der Waals surface area contributed by atoms with E-state index >= 15 is 0 Å². The summed E-state index contributed by atoms with van der Waals surface area (Å²) < 4.78 is 10.2. The number of ether oxygens (including phenoxy) is 2. The number of nitrogens with one attached hydrogen (secondary N) is 1. The number of fused-ring (bicyclic) bond motifs is 1. The van der Waals surface area contributed by atoms with Gasteiger partial charge in [-0.1, -0.05) is 23.7 Å². The lowest BCUT2D eigenvalue weighted by Crippen LogP contribution is -2.36. The Morgan fingerprint density at radius 3 is 2.74 bits per heavy atom. The molecule has 9 nitrogen and oxygen atoms in total. The molecule has 31 heavy (non-hydrogen) atoms. The maximum atomic E-state index is 12.4. The summed E-state index contributed by atoms with van der Waals surface area (Å²) >= 11 is 6.25. The van der Waals surface area contributed by atoms with Gasteiger partial charge in [0.2, 0.25) is 0 Å². The summed E-state index contributed by atoms with van der Waals surface area (Å²) in [6.07, 6.45) is 1.56. The lowest BCUT2D eigenvalue weighted by Gasteiger charge is -2.29. The number of rotatable bonds is 5.